The van der Waals surface area contributed by atoms with Crippen LogP contribution in [0.3, 0.4) is 0 Å². The smallest absolute Gasteiger partial charge is 0.255 e. The van der Waals surface area contributed by atoms with Crippen molar-refractivity contribution >= 4 is 5.91 Å². The molecule has 2 rings (SSSR count). The van der Waals surface area contributed by atoms with Crippen molar-refractivity contribution in [3.05, 3.63) is 23.9 Å². The molecule has 1 atom stereocenters. The summed E-state index contributed by atoms with van der Waals surface area (Å²) >= 11 is 0. The molecule has 128 valence electrons. The Labute approximate surface area is 136 Å². The fourth-order valence-corrected chi connectivity index (χ4v) is 2.55. The number of ether oxygens (including phenoxy) is 2. The van der Waals surface area contributed by atoms with Gasteiger partial charge in [0.05, 0.1) is 25.4 Å². The quantitative estimate of drug-likeness (QED) is 0.775. The topological polar surface area (TPSA) is 75.1 Å². The molecule has 1 aromatic rings. The Kier molecular flexibility index (Phi) is 6.76. The lowest BCUT2D eigenvalue weighted by molar-refractivity contribution is 0.0111. The molecule has 1 fully saturated rings. The minimum atomic E-state index is -0.483. The number of hydrogen-bond acceptors (Lipinski definition) is 6. The number of aromatic nitrogens is 1. The van der Waals surface area contributed by atoms with Gasteiger partial charge in [-0.1, -0.05) is 0 Å². The molecule has 1 amide bonds. The van der Waals surface area contributed by atoms with E-state index in [1.165, 1.54) is 0 Å². The molecule has 1 aliphatic rings. The summed E-state index contributed by atoms with van der Waals surface area (Å²) in [5.41, 5.74) is 0.565. The third-order valence-corrected chi connectivity index (χ3v) is 3.84. The van der Waals surface area contributed by atoms with Gasteiger partial charge in [0, 0.05) is 51.6 Å². The highest BCUT2D eigenvalue weighted by Crippen LogP contribution is 2.11. The average Bonchev–Trinajstić information content (AvgIpc) is 2.60. The molecule has 0 unspecified atom stereocenters. The molecular weight excluding hydrogens is 298 g/mol. The number of methoxy groups -OCH3 is 1. The number of piperazine rings is 1. The van der Waals surface area contributed by atoms with Gasteiger partial charge in [-0.25, -0.2) is 4.98 Å². The Balaban J connectivity index is 1.80. The van der Waals surface area contributed by atoms with Gasteiger partial charge in [-0.2, -0.15) is 0 Å². The molecule has 1 saturated heterocycles. The van der Waals surface area contributed by atoms with Crippen LogP contribution in [-0.2, 0) is 4.74 Å². The fraction of sp³-hybridized carbons (Fsp3) is 0.625. The van der Waals surface area contributed by atoms with Crippen LogP contribution in [0.2, 0.25) is 0 Å². The molecule has 1 aromatic heterocycles. The third kappa shape index (κ3) is 5.16. The second-order valence-corrected chi connectivity index (χ2v) is 5.50. The number of hydrogen-bond donors (Lipinski definition) is 1. The minimum absolute atomic E-state index is 0.0188. The summed E-state index contributed by atoms with van der Waals surface area (Å²) in [5.74, 6) is 0.476. The highest BCUT2D eigenvalue weighted by Gasteiger charge is 2.23. The SMILES string of the molecule is CCOC[C@@H](O)CN1CCN(C(=O)c2ccc(OC)nc2)CC1. The zero-order valence-corrected chi connectivity index (χ0v) is 13.8. The predicted molar refractivity (Wildman–Crippen MR) is 85.6 cm³/mol. The number of aliphatic hydroxyl groups excluding tert-OH is 1. The lowest BCUT2D eigenvalue weighted by Gasteiger charge is -2.35. The Hall–Kier alpha value is -1.70. The molecule has 2 heterocycles. The summed E-state index contributed by atoms with van der Waals surface area (Å²) in [6, 6.07) is 3.42. The first-order chi connectivity index (χ1) is 11.1. The molecule has 1 aliphatic heterocycles. The van der Waals surface area contributed by atoms with Crippen molar-refractivity contribution in [2.24, 2.45) is 0 Å². The van der Waals surface area contributed by atoms with E-state index in [2.05, 4.69) is 9.88 Å². The first-order valence-electron chi connectivity index (χ1n) is 7.91. The van der Waals surface area contributed by atoms with Gasteiger partial charge in [0.1, 0.15) is 0 Å². The van der Waals surface area contributed by atoms with Crippen LogP contribution in [0.15, 0.2) is 18.3 Å². The molecule has 0 saturated carbocycles. The number of nitrogens with zero attached hydrogens (tertiary/aromatic N) is 3. The lowest BCUT2D eigenvalue weighted by atomic mass is 10.2. The third-order valence-electron chi connectivity index (χ3n) is 3.84. The van der Waals surface area contributed by atoms with Crippen molar-refractivity contribution in [1.29, 1.82) is 0 Å². The van der Waals surface area contributed by atoms with Gasteiger partial charge in [0.2, 0.25) is 5.88 Å². The number of pyridine rings is 1. The molecule has 23 heavy (non-hydrogen) atoms. The maximum atomic E-state index is 12.4. The summed E-state index contributed by atoms with van der Waals surface area (Å²) in [6.07, 6.45) is 1.06. The summed E-state index contributed by atoms with van der Waals surface area (Å²) < 4.78 is 10.2. The number of carbonyl (C=O) groups excluding carboxylic acids is 1. The van der Waals surface area contributed by atoms with E-state index in [1.54, 1.807) is 25.4 Å². The summed E-state index contributed by atoms with van der Waals surface area (Å²) in [6.45, 7) is 6.23. The van der Waals surface area contributed by atoms with E-state index in [-0.39, 0.29) is 5.91 Å². The predicted octanol–water partition coefficient (Wildman–Crippen LogP) is 0.245. The molecule has 1 N–H and O–H groups in total. The van der Waals surface area contributed by atoms with Gasteiger partial charge in [-0.15, -0.1) is 0 Å². The van der Waals surface area contributed by atoms with Crippen LogP contribution in [0.5, 0.6) is 5.88 Å². The summed E-state index contributed by atoms with van der Waals surface area (Å²) in [4.78, 5) is 20.5. The number of amides is 1. The maximum absolute atomic E-state index is 12.4. The molecule has 0 bridgehead atoms. The van der Waals surface area contributed by atoms with Gasteiger partial charge in [0.25, 0.3) is 5.91 Å². The molecular formula is C16H25N3O4. The van der Waals surface area contributed by atoms with E-state index in [0.29, 0.717) is 44.3 Å². The van der Waals surface area contributed by atoms with Crippen molar-refractivity contribution < 1.29 is 19.4 Å². The maximum Gasteiger partial charge on any atom is 0.255 e. The first kappa shape index (κ1) is 17.7. The summed E-state index contributed by atoms with van der Waals surface area (Å²) in [5, 5.41) is 9.87. The Morgan fingerprint density at radius 3 is 2.65 bits per heavy atom. The lowest BCUT2D eigenvalue weighted by Crippen LogP contribution is -2.50. The summed E-state index contributed by atoms with van der Waals surface area (Å²) in [7, 11) is 1.54. The molecule has 0 radical (unpaired) electrons. The number of rotatable bonds is 7. The van der Waals surface area contributed by atoms with Gasteiger partial charge in [0.15, 0.2) is 0 Å². The number of β-amino-alcohol motifs (C(OH)–C–C–N with tert-alkyl or cyclic N) is 1. The standard InChI is InChI=1S/C16H25N3O4/c1-3-23-12-14(20)11-18-6-8-19(9-7-18)16(21)13-4-5-15(22-2)17-10-13/h4-5,10,14,20H,3,6-9,11-12H2,1-2H3/t14-/m0/s1. The Bertz CT molecular complexity index is 487. The fourth-order valence-electron chi connectivity index (χ4n) is 2.55. The minimum Gasteiger partial charge on any atom is -0.481 e. The second kappa shape index (κ2) is 8.81. The van der Waals surface area contributed by atoms with Crippen molar-refractivity contribution in [2.75, 3.05) is 53.0 Å². The van der Waals surface area contributed by atoms with Gasteiger partial charge in [-0.3, -0.25) is 9.69 Å². The van der Waals surface area contributed by atoms with Crippen LogP contribution in [0.25, 0.3) is 0 Å². The zero-order valence-electron chi connectivity index (χ0n) is 13.8. The van der Waals surface area contributed by atoms with E-state index in [0.717, 1.165) is 13.1 Å². The van der Waals surface area contributed by atoms with Crippen LogP contribution in [-0.4, -0.2) is 84.9 Å². The van der Waals surface area contributed by atoms with E-state index >= 15 is 0 Å². The monoisotopic (exact) mass is 323 g/mol. The average molecular weight is 323 g/mol. The van der Waals surface area contributed by atoms with Gasteiger partial charge < -0.3 is 19.5 Å². The number of aliphatic hydroxyl groups is 1. The van der Waals surface area contributed by atoms with Gasteiger partial charge in [-0.05, 0) is 13.0 Å². The molecule has 0 aromatic carbocycles. The van der Waals surface area contributed by atoms with Crippen LogP contribution in [0.4, 0.5) is 0 Å². The zero-order chi connectivity index (χ0) is 16.7. The van der Waals surface area contributed by atoms with E-state index in [4.69, 9.17) is 9.47 Å². The Morgan fingerprint density at radius 2 is 2.09 bits per heavy atom. The van der Waals surface area contributed by atoms with E-state index < -0.39 is 6.10 Å². The largest absolute Gasteiger partial charge is 0.481 e. The molecule has 7 nitrogen and oxygen atoms in total. The van der Waals surface area contributed by atoms with Crippen LogP contribution < -0.4 is 4.74 Å². The Morgan fingerprint density at radius 1 is 1.35 bits per heavy atom. The van der Waals surface area contributed by atoms with Crippen molar-refractivity contribution in [1.82, 2.24) is 14.8 Å². The second-order valence-electron chi connectivity index (χ2n) is 5.50. The normalized spacial score (nSPS) is 17.1. The molecule has 7 heteroatoms. The van der Waals surface area contributed by atoms with Crippen LogP contribution in [0, 0.1) is 0 Å². The van der Waals surface area contributed by atoms with Crippen molar-refractivity contribution in [3.63, 3.8) is 0 Å². The van der Waals surface area contributed by atoms with Crippen molar-refractivity contribution in [2.45, 2.75) is 13.0 Å². The van der Waals surface area contributed by atoms with Crippen LogP contribution >= 0.6 is 0 Å². The molecule has 0 spiro atoms. The highest BCUT2D eigenvalue weighted by atomic mass is 16.5. The van der Waals surface area contributed by atoms with Gasteiger partial charge >= 0.3 is 0 Å². The molecule has 0 aliphatic carbocycles. The number of carbonyl (C=O) groups is 1. The first-order valence-corrected chi connectivity index (χ1v) is 7.91. The van der Waals surface area contributed by atoms with Crippen LogP contribution in [0.1, 0.15) is 17.3 Å². The van der Waals surface area contributed by atoms with Crippen molar-refractivity contribution in [3.8, 4) is 5.88 Å². The van der Waals surface area contributed by atoms with E-state index in [9.17, 15) is 9.90 Å². The highest BCUT2D eigenvalue weighted by molar-refractivity contribution is 5.94. The van der Waals surface area contributed by atoms with E-state index in [1.807, 2.05) is 11.8 Å².